The largest absolute Gasteiger partial charge is 0.435 e. The summed E-state index contributed by atoms with van der Waals surface area (Å²) in [5.74, 6) is 0.637. The highest BCUT2D eigenvalue weighted by molar-refractivity contribution is 7.26. The van der Waals surface area contributed by atoms with Crippen LogP contribution < -0.4 is 4.90 Å². The van der Waals surface area contributed by atoms with Crippen LogP contribution in [0.1, 0.15) is 0 Å². The van der Waals surface area contributed by atoms with Crippen molar-refractivity contribution in [1.29, 1.82) is 0 Å². The molecule has 0 radical (unpaired) electrons. The van der Waals surface area contributed by atoms with Gasteiger partial charge in [-0.25, -0.2) is 4.98 Å². The van der Waals surface area contributed by atoms with Crippen LogP contribution in [-0.4, -0.2) is 4.98 Å². The van der Waals surface area contributed by atoms with Crippen LogP contribution in [0, 0.1) is 0 Å². The van der Waals surface area contributed by atoms with E-state index in [-0.39, 0.29) is 0 Å². The second-order valence-electron chi connectivity index (χ2n) is 13.5. The highest BCUT2D eigenvalue weighted by atomic mass is 32.1. The number of aromatic nitrogens is 1. The number of nitrogens with zero attached hydrogens (tertiary/aromatic N) is 2. The Labute approximate surface area is 319 Å². The molecular formula is C49H30N2OS2. The number of thiophene rings is 2. The van der Waals surface area contributed by atoms with Crippen LogP contribution >= 0.6 is 22.7 Å². The summed E-state index contributed by atoms with van der Waals surface area (Å²) in [6.07, 6.45) is 0. The Hall–Kier alpha value is -6.53. The van der Waals surface area contributed by atoms with Crippen LogP contribution in [0.2, 0.25) is 0 Å². The lowest BCUT2D eigenvalue weighted by atomic mass is 10.0. The van der Waals surface area contributed by atoms with Crippen molar-refractivity contribution in [3.63, 3.8) is 0 Å². The van der Waals surface area contributed by atoms with Crippen molar-refractivity contribution in [3.8, 4) is 33.7 Å². The Balaban J connectivity index is 1.08. The molecule has 54 heavy (non-hydrogen) atoms. The Kier molecular flexibility index (Phi) is 7.22. The van der Waals surface area contributed by atoms with Crippen molar-refractivity contribution >= 4 is 91.2 Å². The van der Waals surface area contributed by atoms with Gasteiger partial charge in [-0.3, -0.25) is 0 Å². The second-order valence-corrected chi connectivity index (χ2v) is 15.7. The monoisotopic (exact) mass is 726 g/mol. The minimum absolute atomic E-state index is 0.637. The fourth-order valence-electron chi connectivity index (χ4n) is 7.74. The fraction of sp³-hybridized carbons (Fsp3) is 0. The maximum atomic E-state index is 6.56. The Morgan fingerprint density at radius 3 is 1.85 bits per heavy atom. The molecule has 0 atom stereocenters. The first-order chi connectivity index (χ1) is 26.7. The minimum atomic E-state index is 0.637. The average molecular weight is 727 g/mol. The van der Waals surface area contributed by atoms with Crippen molar-refractivity contribution in [2.75, 3.05) is 4.90 Å². The van der Waals surface area contributed by atoms with Crippen LogP contribution in [0.3, 0.4) is 0 Å². The lowest BCUT2D eigenvalue weighted by molar-refractivity contribution is 0.623. The van der Waals surface area contributed by atoms with E-state index < -0.39 is 0 Å². The van der Waals surface area contributed by atoms with Crippen LogP contribution in [-0.2, 0) is 0 Å². The van der Waals surface area contributed by atoms with Crippen molar-refractivity contribution in [1.82, 2.24) is 4.98 Å². The van der Waals surface area contributed by atoms with E-state index in [1.807, 2.05) is 53.0 Å². The Morgan fingerprint density at radius 1 is 0.426 bits per heavy atom. The molecule has 0 saturated carbocycles. The van der Waals surface area contributed by atoms with E-state index in [2.05, 4.69) is 157 Å². The summed E-state index contributed by atoms with van der Waals surface area (Å²) in [5, 5.41) is 4.88. The zero-order chi connectivity index (χ0) is 35.6. The topological polar surface area (TPSA) is 29.3 Å². The van der Waals surface area contributed by atoms with E-state index in [0.717, 1.165) is 50.2 Å². The van der Waals surface area contributed by atoms with Gasteiger partial charge in [0, 0.05) is 68.5 Å². The van der Waals surface area contributed by atoms with E-state index >= 15 is 0 Å². The number of hydrogen-bond acceptors (Lipinski definition) is 5. The number of fused-ring (bicyclic) bond motifs is 8. The number of hydrogen-bond donors (Lipinski definition) is 0. The summed E-state index contributed by atoms with van der Waals surface area (Å²) in [6, 6.07) is 65.0. The van der Waals surface area contributed by atoms with Gasteiger partial charge >= 0.3 is 0 Å². The smallest absolute Gasteiger partial charge is 0.227 e. The van der Waals surface area contributed by atoms with Gasteiger partial charge in [-0.2, -0.15) is 0 Å². The molecule has 11 rings (SSSR count). The lowest BCUT2D eigenvalue weighted by Gasteiger charge is -2.26. The predicted molar refractivity (Wildman–Crippen MR) is 231 cm³/mol. The minimum Gasteiger partial charge on any atom is -0.435 e. The van der Waals surface area contributed by atoms with Crippen LogP contribution in [0.15, 0.2) is 186 Å². The molecule has 0 bridgehead atoms. The molecule has 0 N–H and O–H groups in total. The molecule has 0 aliphatic rings. The maximum absolute atomic E-state index is 6.56. The Bertz CT molecular complexity index is 3160. The molecular weight excluding hydrogens is 697 g/mol. The number of rotatable bonds is 6. The molecule has 11 aromatic rings. The summed E-state index contributed by atoms with van der Waals surface area (Å²) in [7, 11) is 0. The first-order valence-electron chi connectivity index (χ1n) is 18.0. The molecule has 0 aliphatic heterocycles. The molecule has 0 amide bonds. The SMILES string of the molecule is c1ccc(-c2cccc(N(c3ccc(-c4cc5nc(-c6ccccc6)oc5c5c4sc4ccccc45)cc3)c3ccc4sc5ccccc5c4c3)c2)cc1. The highest BCUT2D eigenvalue weighted by Gasteiger charge is 2.21. The maximum Gasteiger partial charge on any atom is 0.227 e. The van der Waals surface area contributed by atoms with Gasteiger partial charge in [-0.15, -0.1) is 22.7 Å². The van der Waals surface area contributed by atoms with Gasteiger partial charge in [0.1, 0.15) is 5.52 Å². The summed E-state index contributed by atoms with van der Waals surface area (Å²) in [4.78, 5) is 7.42. The molecule has 0 spiro atoms. The summed E-state index contributed by atoms with van der Waals surface area (Å²) in [6.45, 7) is 0. The third-order valence-electron chi connectivity index (χ3n) is 10.3. The van der Waals surface area contributed by atoms with Crippen LogP contribution in [0.25, 0.3) is 85.2 Å². The molecule has 0 unspecified atom stereocenters. The molecule has 5 heteroatoms. The van der Waals surface area contributed by atoms with Crippen LogP contribution in [0.5, 0.6) is 0 Å². The van der Waals surface area contributed by atoms with E-state index in [9.17, 15) is 0 Å². The molecule has 3 heterocycles. The number of benzene rings is 8. The summed E-state index contributed by atoms with van der Waals surface area (Å²) in [5.41, 5.74) is 10.6. The second kappa shape index (κ2) is 12.6. The normalized spacial score (nSPS) is 11.7. The van der Waals surface area contributed by atoms with Gasteiger partial charge in [0.05, 0.1) is 0 Å². The molecule has 8 aromatic carbocycles. The van der Waals surface area contributed by atoms with Gasteiger partial charge in [0.25, 0.3) is 0 Å². The molecule has 0 saturated heterocycles. The van der Waals surface area contributed by atoms with Gasteiger partial charge in [-0.05, 0) is 89.5 Å². The summed E-state index contributed by atoms with van der Waals surface area (Å²) >= 11 is 3.66. The molecule has 3 nitrogen and oxygen atoms in total. The highest BCUT2D eigenvalue weighted by Crippen LogP contribution is 2.46. The van der Waals surface area contributed by atoms with Gasteiger partial charge in [0.2, 0.25) is 5.89 Å². The van der Waals surface area contributed by atoms with Crippen molar-refractivity contribution in [3.05, 3.63) is 182 Å². The molecule has 254 valence electrons. The third-order valence-corrected chi connectivity index (χ3v) is 12.6. The first-order valence-corrected chi connectivity index (χ1v) is 19.7. The molecule has 0 fully saturated rings. The zero-order valence-electron chi connectivity index (χ0n) is 28.9. The van der Waals surface area contributed by atoms with Gasteiger partial charge in [0.15, 0.2) is 5.58 Å². The van der Waals surface area contributed by atoms with Crippen molar-refractivity contribution in [2.45, 2.75) is 0 Å². The Morgan fingerprint density at radius 2 is 1.06 bits per heavy atom. The van der Waals surface area contributed by atoms with Crippen molar-refractivity contribution in [2.24, 2.45) is 0 Å². The quantitative estimate of drug-likeness (QED) is 0.171. The molecule has 0 aliphatic carbocycles. The van der Waals surface area contributed by atoms with Gasteiger partial charge < -0.3 is 9.32 Å². The van der Waals surface area contributed by atoms with E-state index in [4.69, 9.17) is 9.40 Å². The van der Waals surface area contributed by atoms with E-state index in [1.165, 1.54) is 46.1 Å². The first kappa shape index (κ1) is 31.0. The zero-order valence-corrected chi connectivity index (χ0v) is 30.6. The van der Waals surface area contributed by atoms with E-state index in [1.54, 1.807) is 0 Å². The third kappa shape index (κ3) is 5.12. The predicted octanol–water partition coefficient (Wildman–Crippen LogP) is 15.0. The molecule has 3 aromatic heterocycles. The van der Waals surface area contributed by atoms with Crippen molar-refractivity contribution < 1.29 is 4.42 Å². The van der Waals surface area contributed by atoms with Crippen LogP contribution in [0.4, 0.5) is 17.1 Å². The van der Waals surface area contributed by atoms with E-state index in [0.29, 0.717) is 5.89 Å². The van der Waals surface area contributed by atoms with Gasteiger partial charge in [-0.1, -0.05) is 109 Å². The standard InChI is InChI=1S/C49H30N2OS2/c1-3-12-31(13-4-1)34-16-11-17-36(28-34)51(37-26-27-45-41(29-37)38-18-7-9-20-43(38)53-45)35-24-22-32(23-25-35)40-30-42-47(52-49(50-42)33-14-5-2-6-15-33)46-39-19-8-10-21-44(39)54-48(40)46/h1-30H. The number of oxazole rings is 1. The lowest BCUT2D eigenvalue weighted by Crippen LogP contribution is -2.10. The fourth-order valence-corrected chi connectivity index (χ4v) is 10.1. The number of anilines is 3. The summed E-state index contributed by atoms with van der Waals surface area (Å²) < 4.78 is 11.6. The average Bonchev–Trinajstić information content (AvgIpc) is 3.95.